The summed E-state index contributed by atoms with van der Waals surface area (Å²) in [5, 5.41) is 12.0. The Morgan fingerprint density at radius 2 is 2.15 bits per heavy atom. The molecule has 0 aromatic carbocycles. The molecule has 1 heterocycles. The summed E-state index contributed by atoms with van der Waals surface area (Å²) in [4.78, 5) is 36.5. The molecule has 0 amide bonds. The highest BCUT2D eigenvalue weighted by Gasteiger charge is 2.12. The molecule has 0 saturated carbocycles. The summed E-state index contributed by atoms with van der Waals surface area (Å²) in [5.41, 5.74) is -0.901. The predicted molar refractivity (Wildman–Crippen MR) is 71.9 cm³/mol. The Balaban J connectivity index is 2.30. The molecule has 1 aliphatic rings. The van der Waals surface area contributed by atoms with Crippen LogP contribution in [0.4, 0.5) is 0 Å². The van der Waals surface area contributed by atoms with E-state index in [0.717, 1.165) is 30.8 Å². The van der Waals surface area contributed by atoms with Gasteiger partial charge in [0.05, 0.1) is 5.56 Å². The van der Waals surface area contributed by atoms with Crippen molar-refractivity contribution in [2.24, 2.45) is 0 Å². The highest BCUT2D eigenvalue weighted by molar-refractivity contribution is 5.95. The van der Waals surface area contributed by atoms with Crippen molar-refractivity contribution in [2.75, 3.05) is 0 Å². The van der Waals surface area contributed by atoms with E-state index in [1.807, 2.05) is 4.98 Å². The molecule has 0 aliphatic heterocycles. The lowest BCUT2D eigenvalue weighted by Gasteiger charge is -2.19. The van der Waals surface area contributed by atoms with Gasteiger partial charge in [-0.25, -0.2) is 4.79 Å². The number of allylic oxidation sites excluding steroid dienone is 2. The molecule has 108 valence electrons. The summed E-state index contributed by atoms with van der Waals surface area (Å²) < 4.78 is 0.938. The lowest BCUT2D eigenvalue weighted by Crippen LogP contribution is -2.36. The van der Waals surface area contributed by atoms with E-state index >= 15 is 0 Å². The van der Waals surface area contributed by atoms with Crippen molar-refractivity contribution in [3.8, 4) is 5.88 Å². The molecule has 2 rings (SSSR count). The molecule has 1 aromatic heterocycles. The molecular weight excluding hydrogens is 260 g/mol. The molecule has 1 aromatic rings. The number of carbonyl (C=O) groups excluding carboxylic acids is 1. The number of nitrogens with one attached hydrogen (secondary N) is 1. The van der Waals surface area contributed by atoms with Crippen LogP contribution in [0.15, 0.2) is 21.2 Å². The van der Waals surface area contributed by atoms with Gasteiger partial charge in [0, 0.05) is 6.54 Å². The van der Waals surface area contributed by atoms with E-state index in [0.29, 0.717) is 6.42 Å². The van der Waals surface area contributed by atoms with Crippen molar-refractivity contribution in [1.29, 1.82) is 0 Å². The summed E-state index contributed by atoms with van der Waals surface area (Å²) in [5.74, 6) is -1.41. The van der Waals surface area contributed by atoms with Crippen molar-refractivity contribution in [3.63, 3.8) is 0 Å². The summed E-state index contributed by atoms with van der Waals surface area (Å²) in [7, 11) is 0. The van der Waals surface area contributed by atoms with Crippen molar-refractivity contribution >= 4 is 5.78 Å². The third-order valence-corrected chi connectivity index (χ3v) is 3.55. The Morgan fingerprint density at radius 3 is 2.75 bits per heavy atom. The third-order valence-electron chi connectivity index (χ3n) is 3.55. The van der Waals surface area contributed by atoms with E-state index in [1.165, 1.54) is 12.0 Å². The molecule has 20 heavy (non-hydrogen) atoms. The second kappa shape index (κ2) is 5.90. The van der Waals surface area contributed by atoms with Crippen molar-refractivity contribution < 1.29 is 9.90 Å². The van der Waals surface area contributed by atoms with Gasteiger partial charge in [-0.05, 0) is 44.9 Å². The van der Waals surface area contributed by atoms with Crippen LogP contribution in [-0.2, 0) is 6.54 Å². The minimum Gasteiger partial charge on any atom is -0.859 e. The molecule has 0 bridgehead atoms. The van der Waals surface area contributed by atoms with Gasteiger partial charge in [-0.1, -0.05) is 11.6 Å². The number of hydrogen-bond acceptors (Lipinski definition) is 4. The average Bonchev–Trinajstić information content (AvgIpc) is 2.38. The first-order valence-corrected chi connectivity index (χ1v) is 6.73. The molecule has 1 N–H and O–H groups in total. The number of aromatic nitrogens is 2. The second-order valence-electron chi connectivity index (χ2n) is 5.01. The van der Waals surface area contributed by atoms with E-state index in [1.54, 1.807) is 0 Å². The van der Waals surface area contributed by atoms with Crippen LogP contribution in [0.1, 0.15) is 49.4 Å². The Hall–Kier alpha value is -2.11. The maximum Gasteiger partial charge on any atom is 0.327 e. The first kappa shape index (κ1) is 14.3. The lowest BCUT2D eigenvalue weighted by molar-refractivity contribution is -0.280. The molecule has 0 fully saturated rings. The third kappa shape index (κ3) is 2.89. The fourth-order valence-electron chi connectivity index (χ4n) is 2.45. The largest absolute Gasteiger partial charge is 0.859 e. The van der Waals surface area contributed by atoms with E-state index < -0.39 is 28.5 Å². The molecule has 0 spiro atoms. The van der Waals surface area contributed by atoms with Gasteiger partial charge in [0.2, 0.25) is 0 Å². The monoisotopic (exact) mass is 277 g/mol. The van der Waals surface area contributed by atoms with Crippen LogP contribution in [0.25, 0.3) is 0 Å². The summed E-state index contributed by atoms with van der Waals surface area (Å²) in [6, 6.07) is 0. The molecule has 0 radical (unpaired) electrons. The van der Waals surface area contributed by atoms with Gasteiger partial charge in [0.1, 0.15) is 0 Å². The Bertz CT molecular complexity index is 667. The van der Waals surface area contributed by atoms with Crippen LogP contribution in [0.5, 0.6) is 5.88 Å². The second-order valence-corrected chi connectivity index (χ2v) is 5.01. The number of nitrogens with zero attached hydrogens (tertiary/aromatic N) is 1. The van der Waals surface area contributed by atoms with E-state index in [4.69, 9.17) is 0 Å². The van der Waals surface area contributed by atoms with Gasteiger partial charge in [-0.15, -0.1) is 0 Å². The van der Waals surface area contributed by atoms with Gasteiger partial charge in [-0.3, -0.25) is 14.6 Å². The summed E-state index contributed by atoms with van der Waals surface area (Å²) >= 11 is 0. The fourth-order valence-corrected chi connectivity index (χ4v) is 2.45. The standard InChI is InChI=1S/C14H18N2O4/c1-9(17)11-12(18)15-14(20)16(13(11)19)8-7-10-5-3-2-4-6-10/h5,19H,2-4,6-8H2,1H3,(H,15,18,20)/p-1. The van der Waals surface area contributed by atoms with Crippen molar-refractivity contribution in [2.45, 2.75) is 45.6 Å². The van der Waals surface area contributed by atoms with Gasteiger partial charge < -0.3 is 9.67 Å². The maximum absolute atomic E-state index is 12.0. The van der Waals surface area contributed by atoms with Gasteiger partial charge in [-0.2, -0.15) is 0 Å². The lowest BCUT2D eigenvalue weighted by atomic mass is 9.97. The zero-order valence-corrected chi connectivity index (χ0v) is 11.4. The van der Waals surface area contributed by atoms with Gasteiger partial charge >= 0.3 is 5.69 Å². The first-order valence-electron chi connectivity index (χ1n) is 6.73. The number of rotatable bonds is 4. The molecule has 6 heteroatoms. The zero-order chi connectivity index (χ0) is 14.7. The van der Waals surface area contributed by atoms with E-state index in [2.05, 4.69) is 6.08 Å². The molecule has 0 saturated heterocycles. The molecular formula is C14H17N2O4-. The number of carbonyl (C=O) groups is 1. The highest BCUT2D eigenvalue weighted by atomic mass is 16.3. The SMILES string of the molecule is CC(=O)c1c([O-])n(CCC2=CCCCC2)c(=O)[nH]c1=O. The first-order chi connectivity index (χ1) is 9.50. The predicted octanol–water partition coefficient (Wildman–Crippen LogP) is 0.703. The molecule has 0 unspecified atom stereocenters. The van der Waals surface area contributed by atoms with Crippen LogP contribution in [0, 0.1) is 0 Å². The molecule has 0 atom stereocenters. The van der Waals surface area contributed by atoms with Crippen LogP contribution in [0.3, 0.4) is 0 Å². The number of Topliss-reactive ketones (excluding diaryl/α,β-unsaturated/α-hetero) is 1. The number of H-pyrrole nitrogens is 1. The minimum atomic E-state index is -0.902. The van der Waals surface area contributed by atoms with Crippen LogP contribution in [-0.4, -0.2) is 15.3 Å². The van der Waals surface area contributed by atoms with Crippen LogP contribution in [0.2, 0.25) is 0 Å². The Kier molecular flexibility index (Phi) is 4.22. The normalized spacial score (nSPS) is 14.9. The maximum atomic E-state index is 12.0. The number of ketones is 1. The molecule has 1 aliphatic carbocycles. The van der Waals surface area contributed by atoms with Gasteiger partial charge in [0.25, 0.3) is 5.56 Å². The van der Waals surface area contributed by atoms with Crippen LogP contribution >= 0.6 is 0 Å². The Morgan fingerprint density at radius 1 is 1.40 bits per heavy atom. The fraction of sp³-hybridized carbons (Fsp3) is 0.500. The zero-order valence-electron chi connectivity index (χ0n) is 11.4. The summed E-state index contributed by atoms with van der Waals surface area (Å²) in [6.07, 6.45) is 7.03. The van der Waals surface area contributed by atoms with E-state index in [9.17, 15) is 19.5 Å². The Labute approximate surface area is 115 Å². The average molecular weight is 277 g/mol. The van der Waals surface area contributed by atoms with E-state index in [-0.39, 0.29) is 6.54 Å². The summed E-state index contributed by atoms with van der Waals surface area (Å²) in [6.45, 7) is 1.34. The highest BCUT2D eigenvalue weighted by Crippen LogP contribution is 2.21. The quantitative estimate of drug-likeness (QED) is 0.647. The smallest absolute Gasteiger partial charge is 0.327 e. The van der Waals surface area contributed by atoms with Crippen molar-refractivity contribution in [1.82, 2.24) is 9.55 Å². The molecule has 6 nitrogen and oxygen atoms in total. The van der Waals surface area contributed by atoms with Crippen molar-refractivity contribution in [3.05, 3.63) is 38.1 Å². The minimum absolute atomic E-state index is 0.195. The topological polar surface area (TPSA) is 95.0 Å². The number of hydrogen-bond donors (Lipinski definition) is 1. The number of aromatic amines is 1. The van der Waals surface area contributed by atoms with Crippen LogP contribution < -0.4 is 16.4 Å². The van der Waals surface area contributed by atoms with Gasteiger partial charge in [0.15, 0.2) is 5.78 Å².